The van der Waals surface area contributed by atoms with Gasteiger partial charge in [0.2, 0.25) is 10.0 Å². The van der Waals surface area contributed by atoms with Crippen molar-refractivity contribution in [2.75, 3.05) is 16.5 Å². The van der Waals surface area contributed by atoms with E-state index in [-0.39, 0.29) is 17.2 Å². The predicted octanol–water partition coefficient (Wildman–Crippen LogP) is 2.17. The molecule has 1 aromatic heterocycles. The Bertz CT molecular complexity index is 509. The van der Waals surface area contributed by atoms with Gasteiger partial charge in [-0.1, -0.05) is 0 Å². The highest BCUT2D eigenvalue weighted by molar-refractivity contribution is 7.94. The summed E-state index contributed by atoms with van der Waals surface area (Å²) < 4.78 is 29.7. The van der Waals surface area contributed by atoms with E-state index in [9.17, 15) is 13.2 Å². The minimum atomic E-state index is -3.61. The molecule has 0 spiro atoms. The van der Waals surface area contributed by atoms with E-state index < -0.39 is 21.2 Å². The minimum Gasteiger partial charge on any atom is -0.462 e. The Hall–Kier alpha value is -0.790. The molecule has 0 unspecified atom stereocenters. The fraction of sp³-hybridized carbons (Fsp3) is 0.444. The van der Waals surface area contributed by atoms with Crippen molar-refractivity contribution in [3.05, 3.63) is 16.5 Å². The third kappa shape index (κ3) is 3.86. The van der Waals surface area contributed by atoms with Gasteiger partial charge in [-0.15, -0.1) is 22.9 Å². The van der Waals surface area contributed by atoms with Crippen molar-refractivity contribution < 1.29 is 17.9 Å². The summed E-state index contributed by atoms with van der Waals surface area (Å²) in [7, 11) is -3.61. The van der Waals surface area contributed by atoms with Crippen molar-refractivity contribution in [3.63, 3.8) is 0 Å². The smallest absolute Gasteiger partial charge is 0.341 e. The first-order valence-electron chi connectivity index (χ1n) is 4.73. The van der Waals surface area contributed by atoms with E-state index in [0.29, 0.717) is 0 Å². The Labute approximate surface area is 109 Å². The Morgan fingerprint density at radius 3 is 2.76 bits per heavy atom. The summed E-state index contributed by atoms with van der Waals surface area (Å²) in [5.74, 6) is -0.552. The number of anilines is 1. The number of alkyl halides is 1. The number of esters is 1. The zero-order chi connectivity index (χ0) is 13.1. The Kier molecular flexibility index (Phi) is 4.79. The van der Waals surface area contributed by atoms with Crippen LogP contribution in [0.15, 0.2) is 6.07 Å². The van der Waals surface area contributed by atoms with Gasteiger partial charge in [-0.05, 0) is 19.9 Å². The predicted molar refractivity (Wildman–Crippen MR) is 68.3 cm³/mol. The van der Waals surface area contributed by atoms with Crippen molar-refractivity contribution in [2.24, 2.45) is 0 Å². The monoisotopic (exact) mass is 297 g/mol. The van der Waals surface area contributed by atoms with E-state index in [1.165, 1.54) is 0 Å². The zero-order valence-corrected chi connectivity index (χ0v) is 11.7. The van der Waals surface area contributed by atoms with E-state index in [1.54, 1.807) is 19.9 Å². The lowest BCUT2D eigenvalue weighted by atomic mass is 10.3. The lowest BCUT2D eigenvalue weighted by molar-refractivity contribution is 0.0528. The van der Waals surface area contributed by atoms with E-state index in [2.05, 4.69) is 4.72 Å². The van der Waals surface area contributed by atoms with Gasteiger partial charge in [0.25, 0.3) is 0 Å². The van der Waals surface area contributed by atoms with Gasteiger partial charge in [0.1, 0.15) is 10.2 Å². The number of carbonyl (C=O) groups excluding carboxylic acids is 1. The molecule has 0 fully saturated rings. The minimum absolute atomic E-state index is 0.211. The molecule has 0 aromatic carbocycles. The number of halogens is 1. The molecule has 5 nitrogen and oxygen atoms in total. The molecule has 0 aliphatic rings. The van der Waals surface area contributed by atoms with Crippen molar-refractivity contribution >= 4 is 43.9 Å². The lowest BCUT2D eigenvalue weighted by Crippen LogP contribution is -2.15. The fourth-order valence-corrected chi connectivity index (χ4v) is 3.03. The first-order valence-corrected chi connectivity index (χ1v) is 7.74. The first-order chi connectivity index (χ1) is 7.89. The SMILES string of the molecule is CCOC(=O)c1cc(C)sc1NS(=O)(=O)CCl. The van der Waals surface area contributed by atoms with Crippen molar-refractivity contribution in [2.45, 2.75) is 13.8 Å². The highest BCUT2D eigenvalue weighted by Crippen LogP contribution is 2.29. The molecule has 1 heterocycles. The van der Waals surface area contributed by atoms with Gasteiger partial charge in [-0.25, -0.2) is 13.2 Å². The van der Waals surface area contributed by atoms with Crippen molar-refractivity contribution in [1.29, 1.82) is 0 Å². The molecule has 0 bridgehead atoms. The lowest BCUT2D eigenvalue weighted by Gasteiger charge is -2.05. The quantitative estimate of drug-likeness (QED) is 0.668. The fourth-order valence-electron chi connectivity index (χ4n) is 1.12. The van der Waals surface area contributed by atoms with E-state index in [0.717, 1.165) is 16.2 Å². The maximum Gasteiger partial charge on any atom is 0.341 e. The average Bonchev–Trinajstić information content (AvgIpc) is 2.59. The number of ether oxygens (including phenoxy) is 1. The molecule has 1 rings (SSSR count). The van der Waals surface area contributed by atoms with Gasteiger partial charge in [-0.2, -0.15) is 0 Å². The molecule has 0 amide bonds. The number of rotatable bonds is 5. The van der Waals surface area contributed by atoms with Crippen LogP contribution in [-0.4, -0.2) is 26.2 Å². The average molecular weight is 298 g/mol. The molecule has 0 atom stereocenters. The molecule has 0 saturated carbocycles. The van der Waals surface area contributed by atoms with Crippen LogP contribution in [0.3, 0.4) is 0 Å². The molecule has 0 saturated heterocycles. The third-order valence-electron chi connectivity index (χ3n) is 1.74. The summed E-state index contributed by atoms with van der Waals surface area (Å²) in [6.45, 7) is 3.68. The Morgan fingerprint density at radius 1 is 1.59 bits per heavy atom. The molecule has 0 radical (unpaired) electrons. The van der Waals surface area contributed by atoms with Gasteiger partial charge in [0.05, 0.1) is 12.2 Å². The summed E-state index contributed by atoms with van der Waals surface area (Å²) in [5, 5.41) is -0.326. The van der Waals surface area contributed by atoms with Crippen molar-refractivity contribution in [1.82, 2.24) is 0 Å². The van der Waals surface area contributed by atoms with Crippen LogP contribution in [0.5, 0.6) is 0 Å². The van der Waals surface area contributed by atoms with Crippen LogP contribution in [0.1, 0.15) is 22.2 Å². The number of thiophene rings is 1. The standard InChI is InChI=1S/C9H12ClNO4S2/c1-3-15-9(12)7-4-6(2)16-8(7)11-17(13,14)5-10/h4,11H,3,5H2,1-2H3. The van der Waals surface area contributed by atoms with Crippen LogP contribution in [-0.2, 0) is 14.8 Å². The highest BCUT2D eigenvalue weighted by Gasteiger charge is 2.19. The number of hydrogen-bond acceptors (Lipinski definition) is 5. The topological polar surface area (TPSA) is 72.5 Å². The summed E-state index contributed by atoms with van der Waals surface area (Å²) in [6, 6.07) is 1.58. The van der Waals surface area contributed by atoms with E-state index in [4.69, 9.17) is 16.3 Å². The van der Waals surface area contributed by atoms with Crippen LogP contribution in [0, 0.1) is 6.92 Å². The van der Waals surface area contributed by atoms with Crippen LogP contribution in [0.2, 0.25) is 0 Å². The maximum absolute atomic E-state index is 11.6. The Balaban J connectivity index is 3.04. The van der Waals surface area contributed by atoms with Gasteiger partial charge in [0.15, 0.2) is 0 Å². The number of sulfonamides is 1. The third-order valence-corrected chi connectivity index (χ3v) is 4.50. The van der Waals surface area contributed by atoms with Crippen LogP contribution < -0.4 is 4.72 Å². The second kappa shape index (κ2) is 5.70. The van der Waals surface area contributed by atoms with Crippen LogP contribution >= 0.6 is 22.9 Å². The zero-order valence-electron chi connectivity index (χ0n) is 9.32. The molecule has 0 aliphatic carbocycles. The largest absolute Gasteiger partial charge is 0.462 e. The van der Waals surface area contributed by atoms with Gasteiger partial charge in [0, 0.05) is 4.88 Å². The molecular weight excluding hydrogens is 286 g/mol. The van der Waals surface area contributed by atoms with E-state index in [1.807, 2.05) is 0 Å². The molecule has 1 aromatic rings. The second-order valence-electron chi connectivity index (χ2n) is 3.15. The van der Waals surface area contributed by atoms with Gasteiger partial charge < -0.3 is 4.74 Å². The number of nitrogens with one attached hydrogen (secondary N) is 1. The molecular formula is C9H12ClNO4S2. The molecule has 0 aliphatic heterocycles. The maximum atomic E-state index is 11.6. The molecule has 8 heteroatoms. The van der Waals surface area contributed by atoms with Gasteiger partial charge in [-0.3, -0.25) is 4.72 Å². The summed E-state index contributed by atoms with van der Waals surface area (Å²) >= 11 is 6.44. The highest BCUT2D eigenvalue weighted by atomic mass is 35.5. The number of carbonyl (C=O) groups is 1. The van der Waals surface area contributed by atoms with Crippen LogP contribution in [0.25, 0.3) is 0 Å². The number of hydrogen-bond donors (Lipinski definition) is 1. The van der Waals surface area contributed by atoms with Crippen LogP contribution in [0.4, 0.5) is 5.00 Å². The summed E-state index contributed by atoms with van der Waals surface area (Å²) in [4.78, 5) is 12.4. The Morgan fingerprint density at radius 2 is 2.24 bits per heavy atom. The first kappa shape index (κ1) is 14.3. The normalized spacial score (nSPS) is 11.2. The van der Waals surface area contributed by atoms with Crippen molar-refractivity contribution in [3.8, 4) is 0 Å². The second-order valence-corrected chi connectivity index (χ2v) is 6.71. The number of aryl methyl sites for hydroxylation is 1. The molecule has 1 N–H and O–H groups in total. The summed E-state index contributed by atoms with van der Waals surface area (Å²) in [6.07, 6.45) is 0. The van der Waals surface area contributed by atoms with E-state index >= 15 is 0 Å². The summed E-state index contributed by atoms with van der Waals surface area (Å²) in [5.41, 5.74) is 0.211. The molecule has 96 valence electrons. The van der Waals surface area contributed by atoms with Gasteiger partial charge >= 0.3 is 5.97 Å². The molecule has 17 heavy (non-hydrogen) atoms.